The van der Waals surface area contributed by atoms with Crippen LogP contribution in [-0.4, -0.2) is 19.5 Å². The summed E-state index contributed by atoms with van der Waals surface area (Å²) in [4.78, 5) is 10.8. The zero-order valence-electron chi connectivity index (χ0n) is 12.5. The molecule has 4 heteroatoms. The van der Waals surface area contributed by atoms with E-state index in [0.29, 0.717) is 36.0 Å². The van der Waals surface area contributed by atoms with E-state index in [1.165, 1.54) is 19.3 Å². The van der Waals surface area contributed by atoms with Crippen molar-refractivity contribution in [2.45, 2.75) is 46.0 Å². The Morgan fingerprint density at radius 2 is 1.85 bits per heavy atom. The maximum atomic E-state index is 10.8. The molecule has 0 heterocycles. The molecule has 4 nitrogen and oxygen atoms in total. The number of hydrogen-bond acceptors (Lipinski definition) is 4. The van der Waals surface area contributed by atoms with E-state index in [2.05, 4.69) is 6.92 Å². The van der Waals surface area contributed by atoms with Crippen molar-refractivity contribution >= 4 is 12.0 Å². The van der Waals surface area contributed by atoms with Gasteiger partial charge >= 0.3 is 0 Å². The molecule has 1 aromatic carbocycles. The predicted octanol–water partition coefficient (Wildman–Crippen LogP) is 3.83. The lowest BCUT2D eigenvalue weighted by Gasteiger charge is -2.14. The van der Waals surface area contributed by atoms with Crippen LogP contribution < -0.4 is 15.2 Å². The topological polar surface area (TPSA) is 61.5 Å². The molecule has 0 aliphatic rings. The first kappa shape index (κ1) is 16.3. The second kappa shape index (κ2) is 9.23. The van der Waals surface area contributed by atoms with Crippen molar-refractivity contribution in [2.75, 3.05) is 18.9 Å². The molecular weight excluding hydrogens is 254 g/mol. The van der Waals surface area contributed by atoms with Crippen LogP contribution in [0.5, 0.6) is 11.5 Å². The lowest BCUT2D eigenvalue weighted by Crippen LogP contribution is -2.05. The quantitative estimate of drug-likeness (QED) is 0.401. The highest BCUT2D eigenvalue weighted by Crippen LogP contribution is 2.35. The number of hydrogen-bond donors (Lipinski definition) is 1. The third-order valence-corrected chi connectivity index (χ3v) is 3.04. The third kappa shape index (κ3) is 5.11. The van der Waals surface area contributed by atoms with Crippen LogP contribution in [0, 0.1) is 0 Å². The summed E-state index contributed by atoms with van der Waals surface area (Å²) < 4.78 is 11.2. The van der Waals surface area contributed by atoms with E-state index in [0.717, 1.165) is 19.1 Å². The number of carbonyl (C=O) groups excluding carboxylic acids is 1. The van der Waals surface area contributed by atoms with Crippen LogP contribution in [0.25, 0.3) is 0 Å². The molecule has 20 heavy (non-hydrogen) atoms. The number of aldehydes is 1. The van der Waals surface area contributed by atoms with Crippen molar-refractivity contribution in [3.8, 4) is 11.5 Å². The number of nitrogens with two attached hydrogens (primary N) is 1. The van der Waals surface area contributed by atoms with E-state index >= 15 is 0 Å². The number of nitrogen functional groups attached to an aromatic ring is 1. The van der Waals surface area contributed by atoms with Crippen LogP contribution in [0.3, 0.4) is 0 Å². The molecule has 0 atom stereocenters. The summed E-state index contributed by atoms with van der Waals surface area (Å²) in [6, 6.07) is 3.28. The number of unbranched alkanes of at least 4 members (excludes halogenated alkanes) is 4. The van der Waals surface area contributed by atoms with Gasteiger partial charge in [0, 0.05) is 5.56 Å². The molecule has 112 valence electrons. The highest BCUT2D eigenvalue weighted by Gasteiger charge is 2.11. The van der Waals surface area contributed by atoms with Crippen molar-refractivity contribution in [2.24, 2.45) is 0 Å². The number of benzene rings is 1. The SMILES string of the molecule is CCCCCCCOc1c(N)cc(C=O)cc1OCC. The van der Waals surface area contributed by atoms with E-state index in [1.54, 1.807) is 12.1 Å². The van der Waals surface area contributed by atoms with Gasteiger partial charge in [-0.15, -0.1) is 0 Å². The largest absolute Gasteiger partial charge is 0.490 e. The molecule has 0 saturated carbocycles. The van der Waals surface area contributed by atoms with Gasteiger partial charge < -0.3 is 15.2 Å². The van der Waals surface area contributed by atoms with Gasteiger partial charge in [-0.05, 0) is 25.5 Å². The summed E-state index contributed by atoms with van der Waals surface area (Å²) in [5.41, 5.74) is 6.88. The average Bonchev–Trinajstić information content (AvgIpc) is 2.44. The van der Waals surface area contributed by atoms with Gasteiger partial charge in [0.1, 0.15) is 6.29 Å². The number of ether oxygens (including phenoxy) is 2. The average molecular weight is 279 g/mol. The van der Waals surface area contributed by atoms with E-state index < -0.39 is 0 Å². The normalized spacial score (nSPS) is 10.3. The monoisotopic (exact) mass is 279 g/mol. The van der Waals surface area contributed by atoms with Gasteiger partial charge in [0.05, 0.1) is 18.9 Å². The molecule has 0 amide bonds. The Balaban J connectivity index is 2.60. The molecule has 2 N–H and O–H groups in total. The fraction of sp³-hybridized carbons (Fsp3) is 0.562. The summed E-state index contributed by atoms with van der Waals surface area (Å²) in [6.07, 6.45) is 6.64. The summed E-state index contributed by atoms with van der Waals surface area (Å²) in [5, 5.41) is 0. The lowest BCUT2D eigenvalue weighted by atomic mass is 10.1. The lowest BCUT2D eigenvalue weighted by molar-refractivity contribution is 0.112. The van der Waals surface area contributed by atoms with Crippen LogP contribution in [0.1, 0.15) is 56.3 Å². The fourth-order valence-corrected chi connectivity index (χ4v) is 2.01. The molecule has 1 aromatic rings. The molecule has 0 fully saturated rings. The van der Waals surface area contributed by atoms with Crippen LogP contribution in [0.15, 0.2) is 12.1 Å². The molecule has 0 aliphatic carbocycles. The van der Waals surface area contributed by atoms with Gasteiger partial charge in [0.25, 0.3) is 0 Å². The molecule has 0 aromatic heterocycles. The maximum Gasteiger partial charge on any atom is 0.184 e. The van der Waals surface area contributed by atoms with Gasteiger partial charge in [-0.2, -0.15) is 0 Å². The van der Waals surface area contributed by atoms with Crippen LogP contribution in [-0.2, 0) is 0 Å². The third-order valence-electron chi connectivity index (χ3n) is 3.04. The summed E-state index contributed by atoms with van der Waals surface area (Å²) in [5.74, 6) is 1.09. The Kier molecular flexibility index (Phi) is 7.55. The zero-order chi connectivity index (χ0) is 14.8. The number of carbonyl (C=O) groups is 1. The van der Waals surface area contributed by atoms with Crippen LogP contribution in [0.4, 0.5) is 5.69 Å². The molecule has 1 rings (SSSR count). The minimum atomic E-state index is 0.451. The fourth-order valence-electron chi connectivity index (χ4n) is 2.01. The molecular formula is C16H25NO3. The van der Waals surface area contributed by atoms with E-state index in [-0.39, 0.29) is 0 Å². The second-order valence-corrected chi connectivity index (χ2v) is 4.75. The first-order chi connectivity index (χ1) is 9.72. The van der Waals surface area contributed by atoms with E-state index in [9.17, 15) is 4.79 Å². The summed E-state index contributed by atoms with van der Waals surface area (Å²) >= 11 is 0. The molecule has 0 spiro atoms. The number of anilines is 1. The smallest absolute Gasteiger partial charge is 0.184 e. The molecule has 0 bridgehead atoms. The van der Waals surface area contributed by atoms with Gasteiger partial charge in [0.15, 0.2) is 11.5 Å². The van der Waals surface area contributed by atoms with Gasteiger partial charge in [-0.25, -0.2) is 0 Å². The van der Waals surface area contributed by atoms with Crippen molar-refractivity contribution < 1.29 is 14.3 Å². The summed E-state index contributed by atoms with van der Waals surface area (Å²) in [7, 11) is 0. The Morgan fingerprint density at radius 1 is 1.10 bits per heavy atom. The number of rotatable bonds is 10. The first-order valence-corrected chi connectivity index (χ1v) is 7.37. The molecule has 0 saturated heterocycles. The van der Waals surface area contributed by atoms with Gasteiger partial charge in [0.2, 0.25) is 0 Å². The molecule has 0 radical (unpaired) electrons. The Bertz CT molecular complexity index is 418. The van der Waals surface area contributed by atoms with Crippen molar-refractivity contribution in [1.82, 2.24) is 0 Å². The molecule has 0 unspecified atom stereocenters. The van der Waals surface area contributed by atoms with Crippen LogP contribution in [0.2, 0.25) is 0 Å². The standard InChI is InChI=1S/C16H25NO3/c1-3-5-6-7-8-9-20-16-14(17)10-13(12-18)11-15(16)19-4-2/h10-12H,3-9,17H2,1-2H3. The highest BCUT2D eigenvalue weighted by molar-refractivity contribution is 5.80. The summed E-state index contributed by atoms with van der Waals surface area (Å²) in [6.45, 7) is 5.21. The van der Waals surface area contributed by atoms with Crippen LogP contribution >= 0.6 is 0 Å². The van der Waals surface area contributed by atoms with Crippen molar-refractivity contribution in [3.05, 3.63) is 17.7 Å². The predicted molar refractivity (Wildman–Crippen MR) is 81.7 cm³/mol. The Hall–Kier alpha value is -1.71. The second-order valence-electron chi connectivity index (χ2n) is 4.75. The highest BCUT2D eigenvalue weighted by atomic mass is 16.5. The van der Waals surface area contributed by atoms with Gasteiger partial charge in [-0.1, -0.05) is 32.6 Å². The zero-order valence-corrected chi connectivity index (χ0v) is 12.5. The van der Waals surface area contributed by atoms with E-state index in [4.69, 9.17) is 15.2 Å². The molecule has 0 aliphatic heterocycles. The van der Waals surface area contributed by atoms with Crippen molar-refractivity contribution in [3.63, 3.8) is 0 Å². The van der Waals surface area contributed by atoms with Gasteiger partial charge in [-0.3, -0.25) is 4.79 Å². The minimum absolute atomic E-state index is 0.451. The first-order valence-electron chi connectivity index (χ1n) is 7.37. The minimum Gasteiger partial charge on any atom is -0.490 e. The van der Waals surface area contributed by atoms with E-state index in [1.807, 2.05) is 6.92 Å². The Labute approximate surface area is 121 Å². The van der Waals surface area contributed by atoms with Crippen molar-refractivity contribution in [1.29, 1.82) is 0 Å². The Morgan fingerprint density at radius 3 is 2.50 bits per heavy atom. The maximum absolute atomic E-state index is 10.8.